The van der Waals surface area contributed by atoms with Crippen LogP contribution in [0.2, 0.25) is 0 Å². The number of likely N-dealkylation sites (tertiary alicyclic amines) is 1. The van der Waals surface area contributed by atoms with E-state index < -0.39 is 0 Å². The van der Waals surface area contributed by atoms with Crippen LogP contribution in [0.3, 0.4) is 0 Å². The lowest BCUT2D eigenvalue weighted by Gasteiger charge is -2.53. The Kier molecular flexibility index (Phi) is 6.33. The number of methoxy groups -OCH3 is 1. The van der Waals surface area contributed by atoms with Gasteiger partial charge in [0.1, 0.15) is 11.5 Å². The van der Waals surface area contributed by atoms with Crippen molar-refractivity contribution in [2.24, 2.45) is 11.8 Å². The van der Waals surface area contributed by atoms with Crippen molar-refractivity contribution in [3.8, 4) is 5.75 Å². The van der Waals surface area contributed by atoms with Crippen LogP contribution in [0.4, 0.5) is 0 Å². The first-order valence-electron chi connectivity index (χ1n) is 12.5. The predicted octanol–water partition coefficient (Wildman–Crippen LogP) is 4.95. The minimum Gasteiger partial charge on any atom is -0.497 e. The molecule has 176 valence electrons. The van der Waals surface area contributed by atoms with Crippen molar-refractivity contribution in [2.45, 2.75) is 56.9 Å². The lowest BCUT2D eigenvalue weighted by atomic mass is 9.58. The first-order chi connectivity index (χ1) is 16.1. The molecule has 1 N–H and O–H groups in total. The lowest BCUT2D eigenvalue weighted by molar-refractivity contribution is -0.117. The maximum absolute atomic E-state index is 12.7. The minimum atomic E-state index is -0.0222. The van der Waals surface area contributed by atoms with Crippen LogP contribution in [0.25, 0.3) is 6.08 Å². The Hall–Kier alpha value is -2.53. The number of amides is 1. The standard InChI is InChI=1S/C28H36N2O3/c1-20-22(12-15-33-20)8-11-27(31)29-25-10-9-24-19-30(18-21-6-7-21)14-13-28(24,17-25)23-4-3-5-26(16-23)32-2/h3-5,8,11-12,15-16,21,24-25H,6-7,9-10,13-14,17-19H2,1-2H3,(H,29,31)/b11-8+/t24-,25+,28+/m1/s1. The van der Waals surface area contributed by atoms with Gasteiger partial charge in [-0.1, -0.05) is 12.1 Å². The zero-order valence-electron chi connectivity index (χ0n) is 19.9. The third kappa shape index (κ3) is 4.89. The van der Waals surface area contributed by atoms with E-state index in [4.69, 9.17) is 9.15 Å². The zero-order chi connectivity index (χ0) is 22.8. The van der Waals surface area contributed by atoms with Crippen LogP contribution in [0.1, 0.15) is 55.4 Å². The fourth-order valence-corrected chi connectivity index (χ4v) is 6.09. The molecule has 5 nitrogen and oxygen atoms in total. The van der Waals surface area contributed by atoms with Gasteiger partial charge in [-0.05, 0) is 93.7 Å². The van der Waals surface area contributed by atoms with Gasteiger partial charge >= 0.3 is 0 Å². The van der Waals surface area contributed by atoms with Crippen LogP contribution in [0.15, 0.2) is 47.1 Å². The van der Waals surface area contributed by atoms with Gasteiger partial charge in [-0.15, -0.1) is 0 Å². The van der Waals surface area contributed by atoms with E-state index in [0.717, 1.165) is 55.2 Å². The number of benzene rings is 1. The number of nitrogens with zero attached hydrogens (tertiary/aromatic N) is 1. The van der Waals surface area contributed by atoms with Crippen LogP contribution in [-0.2, 0) is 10.2 Å². The second-order valence-corrected chi connectivity index (χ2v) is 10.3. The minimum absolute atomic E-state index is 0.0222. The molecule has 5 heteroatoms. The van der Waals surface area contributed by atoms with Gasteiger partial charge in [0.25, 0.3) is 0 Å². The second kappa shape index (κ2) is 9.38. The molecule has 2 heterocycles. The Morgan fingerprint density at radius 2 is 2.15 bits per heavy atom. The van der Waals surface area contributed by atoms with Crippen molar-refractivity contribution in [1.82, 2.24) is 10.2 Å². The first-order valence-corrected chi connectivity index (χ1v) is 12.5. The van der Waals surface area contributed by atoms with Crippen LogP contribution in [-0.4, -0.2) is 43.6 Å². The average Bonchev–Trinajstić information content (AvgIpc) is 3.55. The molecule has 5 rings (SSSR count). The molecular weight excluding hydrogens is 412 g/mol. The molecule has 2 aromatic rings. The summed E-state index contributed by atoms with van der Waals surface area (Å²) < 4.78 is 10.9. The Balaban J connectivity index is 1.33. The molecule has 0 unspecified atom stereocenters. The summed E-state index contributed by atoms with van der Waals surface area (Å²) in [6, 6.07) is 10.7. The topological polar surface area (TPSA) is 54.7 Å². The largest absolute Gasteiger partial charge is 0.497 e. The SMILES string of the molecule is COc1cccc([C@@]23CCN(CC4CC4)C[C@H]2CC[C@H](NC(=O)/C=C/c2ccoc2C)C3)c1. The lowest BCUT2D eigenvalue weighted by Crippen LogP contribution is -2.56. The average molecular weight is 449 g/mol. The zero-order valence-corrected chi connectivity index (χ0v) is 19.9. The number of rotatable bonds is 7. The van der Waals surface area contributed by atoms with E-state index in [-0.39, 0.29) is 17.4 Å². The Bertz CT molecular complexity index is 1010. The third-order valence-corrected chi connectivity index (χ3v) is 8.13. The molecule has 2 aliphatic carbocycles. The van der Waals surface area contributed by atoms with E-state index in [1.54, 1.807) is 19.4 Å². The first kappa shape index (κ1) is 22.3. The summed E-state index contributed by atoms with van der Waals surface area (Å²) >= 11 is 0. The number of piperidine rings is 1. The molecule has 3 aliphatic rings. The molecule has 1 aromatic heterocycles. The number of carbonyl (C=O) groups is 1. The molecule has 3 fully saturated rings. The van der Waals surface area contributed by atoms with E-state index in [2.05, 4.69) is 28.4 Å². The summed E-state index contributed by atoms with van der Waals surface area (Å²) in [5.74, 6) is 3.27. The van der Waals surface area contributed by atoms with E-state index in [0.29, 0.717) is 5.92 Å². The monoisotopic (exact) mass is 448 g/mol. The highest BCUT2D eigenvalue weighted by Crippen LogP contribution is 2.50. The van der Waals surface area contributed by atoms with Crippen LogP contribution >= 0.6 is 0 Å². The van der Waals surface area contributed by atoms with Crippen molar-refractivity contribution >= 4 is 12.0 Å². The Labute approximate surface area is 197 Å². The number of nitrogens with one attached hydrogen (secondary N) is 1. The molecule has 1 aliphatic heterocycles. The molecule has 33 heavy (non-hydrogen) atoms. The maximum Gasteiger partial charge on any atom is 0.244 e. The summed E-state index contributed by atoms with van der Waals surface area (Å²) in [4.78, 5) is 15.4. The van der Waals surface area contributed by atoms with Gasteiger partial charge in [0.05, 0.1) is 13.4 Å². The summed E-state index contributed by atoms with van der Waals surface area (Å²) in [6.07, 6.45) is 12.3. The van der Waals surface area contributed by atoms with Gasteiger partial charge in [-0.2, -0.15) is 0 Å². The van der Waals surface area contributed by atoms with Gasteiger partial charge in [-0.25, -0.2) is 0 Å². The highest BCUT2D eigenvalue weighted by Gasteiger charge is 2.48. The molecule has 1 aromatic carbocycles. The van der Waals surface area contributed by atoms with Crippen molar-refractivity contribution in [2.75, 3.05) is 26.7 Å². The van der Waals surface area contributed by atoms with Crippen LogP contribution in [0.5, 0.6) is 5.75 Å². The van der Waals surface area contributed by atoms with Gasteiger partial charge in [0, 0.05) is 36.2 Å². The molecule has 2 saturated carbocycles. The molecule has 0 radical (unpaired) electrons. The van der Waals surface area contributed by atoms with Crippen molar-refractivity contribution in [3.05, 3.63) is 59.6 Å². The quantitative estimate of drug-likeness (QED) is 0.609. The highest BCUT2D eigenvalue weighted by molar-refractivity contribution is 5.92. The van der Waals surface area contributed by atoms with E-state index in [1.165, 1.54) is 31.5 Å². The second-order valence-electron chi connectivity index (χ2n) is 10.3. The summed E-state index contributed by atoms with van der Waals surface area (Å²) in [7, 11) is 1.74. The smallest absolute Gasteiger partial charge is 0.244 e. The summed E-state index contributed by atoms with van der Waals surface area (Å²) in [5.41, 5.74) is 2.42. The van der Waals surface area contributed by atoms with Gasteiger partial charge in [0.2, 0.25) is 5.91 Å². The number of carbonyl (C=O) groups excluding carboxylic acids is 1. The molecule has 0 bridgehead atoms. The molecule has 0 spiro atoms. The number of aryl methyl sites for hydroxylation is 1. The van der Waals surface area contributed by atoms with E-state index in [1.807, 2.05) is 25.1 Å². The van der Waals surface area contributed by atoms with Gasteiger partial charge < -0.3 is 19.4 Å². The number of fused-ring (bicyclic) bond motifs is 1. The number of ether oxygens (including phenoxy) is 1. The summed E-state index contributed by atoms with van der Waals surface area (Å²) in [6.45, 7) is 5.49. The Morgan fingerprint density at radius 1 is 1.27 bits per heavy atom. The normalized spacial score (nSPS) is 27.9. The van der Waals surface area contributed by atoms with Crippen LogP contribution < -0.4 is 10.1 Å². The third-order valence-electron chi connectivity index (χ3n) is 8.13. The van der Waals surface area contributed by atoms with E-state index in [9.17, 15) is 4.79 Å². The maximum atomic E-state index is 12.7. The fraction of sp³-hybridized carbons (Fsp3) is 0.536. The molecule has 1 saturated heterocycles. The van der Waals surface area contributed by atoms with E-state index >= 15 is 0 Å². The van der Waals surface area contributed by atoms with Gasteiger partial charge in [-0.3, -0.25) is 4.79 Å². The number of furan rings is 1. The molecule has 3 atom stereocenters. The summed E-state index contributed by atoms with van der Waals surface area (Å²) in [5, 5.41) is 3.31. The van der Waals surface area contributed by atoms with Crippen molar-refractivity contribution in [1.29, 1.82) is 0 Å². The fourth-order valence-electron chi connectivity index (χ4n) is 6.09. The molecule has 1 amide bonds. The number of hydrogen-bond donors (Lipinski definition) is 1. The Morgan fingerprint density at radius 3 is 2.91 bits per heavy atom. The van der Waals surface area contributed by atoms with Crippen molar-refractivity contribution in [3.63, 3.8) is 0 Å². The predicted molar refractivity (Wildman–Crippen MR) is 130 cm³/mol. The molecular formula is C28H36N2O3. The van der Waals surface area contributed by atoms with Crippen LogP contribution in [0, 0.1) is 18.8 Å². The van der Waals surface area contributed by atoms with Crippen molar-refractivity contribution < 1.29 is 13.9 Å². The number of hydrogen-bond acceptors (Lipinski definition) is 4. The van der Waals surface area contributed by atoms with Gasteiger partial charge in [0.15, 0.2) is 0 Å². The highest BCUT2D eigenvalue weighted by atomic mass is 16.5.